The van der Waals surface area contributed by atoms with Gasteiger partial charge in [0, 0.05) is 23.4 Å². The number of ether oxygens (including phenoxy) is 2. The second-order valence-corrected chi connectivity index (χ2v) is 12.2. The predicted molar refractivity (Wildman–Crippen MR) is 162 cm³/mol. The van der Waals surface area contributed by atoms with E-state index in [-0.39, 0.29) is 17.7 Å². The van der Waals surface area contributed by atoms with Crippen LogP contribution in [0.25, 0.3) is 17.8 Å². The van der Waals surface area contributed by atoms with E-state index in [4.69, 9.17) is 9.47 Å². The quantitative estimate of drug-likeness (QED) is 0.231. The number of H-pyrrole nitrogens is 1. The molecule has 0 radical (unpaired) electrons. The molecule has 0 fully saturated rings. The second-order valence-electron chi connectivity index (χ2n) is 10.5. The molecule has 0 atom stereocenters. The number of nitrogens with one attached hydrogen (secondary N) is 3. The summed E-state index contributed by atoms with van der Waals surface area (Å²) in [6.07, 6.45) is 6.83. The van der Waals surface area contributed by atoms with Crippen LogP contribution in [-0.4, -0.2) is 44.0 Å². The van der Waals surface area contributed by atoms with Crippen molar-refractivity contribution in [2.24, 2.45) is 0 Å². The van der Waals surface area contributed by atoms with Gasteiger partial charge in [0.05, 0.1) is 37.0 Å². The molecule has 0 saturated carbocycles. The zero-order valence-electron chi connectivity index (χ0n) is 24.0. The van der Waals surface area contributed by atoms with E-state index in [0.717, 1.165) is 18.2 Å². The Hall–Kier alpha value is -4.32. The molecule has 2 aromatic carbocycles. The number of benzene rings is 2. The van der Waals surface area contributed by atoms with Crippen LogP contribution in [0.3, 0.4) is 0 Å². The molecule has 0 unspecified atom stereocenters. The van der Waals surface area contributed by atoms with Gasteiger partial charge in [-0.25, -0.2) is 18.0 Å². The summed E-state index contributed by atoms with van der Waals surface area (Å²) in [5, 5.41) is 2.69. The van der Waals surface area contributed by atoms with Crippen molar-refractivity contribution in [3.63, 3.8) is 0 Å². The average Bonchev–Trinajstić information content (AvgIpc) is 2.86. The smallest absolute Gasteiger partial charge is 0.411 e. The number of amides is 1. The number of aromatic nitrogens is 2. The number of nitrogens with zero attached hydrogens (tertiary/aromatic N) is 1. The van der Waals surface area contributed by atoms with Crippen molar-refractivity contribution in [1.29, 1.82) is 0 Å². The van der Waals surface area contributed by atoms with Crippen molar-refractivity contribution in [1.82, 2.24) is 9.55 Å². The minimum Gasteiger partial charge on any atom is -0.496 e. The summed E-state index contributed by atoms with van der Waals surface area (Å²) in [6, 6.07) is 9.57. The van der Waals surface area contributed by atoms with Gasteiger partial charge >= 0.3 is 11.8 Å². The van der Waals surface area contributed by atoms with Crippen molar-refractivity contribution >= 4 is 39.6 Å². The Kier molecular flexibility index (Phi) is 9.82. The standard InChI is InChI=1S/C29H36N4O7S/c1-7-8-15-40-28(36)30-24-17-21(32-41(6,37)38)12-11-19(24)9-10-20-16-22(33-14-13-25(34)31-27(33)35)18-23(26(20)39-5)29(2,3)4/h9-14,16-18,32H,7-8,15H2,1-6H3,(H,30,36)(H,31,34,35)/b10-9+. The molecule has 0 aliphatic carbocycles. The lowest BCUT2D eigenvalue weighted by atomic mass is 9.84. The van der Waals surface area contributed by atoms with Gasteiger partial charge in [-0.1, -0.05) is 52.3 Å². The highest BCUT2D eigenvalue weighted by Crippen LogP contribution is 2.37. The number of hydrogen-bond acceptors (Lipinski definition) is 7. The first kappa shape index (κ1) is 31.2. The maximum atomic E-state index is 12.6. The molecule has 0 aliphatic heterocycles. The number of anilines is 2. The van der Waals surface area contributed by atoms with Crippen molar-refractivity contribution in [3.8, 4) is 11.4 Å². The number of carbonyl (C=O) groups is 1. The summed E-state index contributed by atoms with van der Waals surface area (Å²) < 4.78 is 38.3. The van der Waals surface area contributed by atoms with Crippen LogP contribution < -0.4 is 26.0 Å². The van der Waals surface area contributed by atoms with Crippen LogP contribution in [0.15, 0.2) is 52.2 Å². The van der Waals surface area contributed by atoms with Gasteiger partial charge in [-0.3, -0.25) is 24.4 Å². The minimum atomic E-state index is -3.55. The number of rotatable bonds is 10. The molecule has 220 valence electrons. The topological polar surface area (TPSA) is 149 Å². The van der Waals surface area contributed by atoms with Crippen LogP contribution in [0.4, 0.5) is 16.2 Å². The number of hydrogen-bond donors (Lipinski definition) is 3. The molecule has 1 amide bonds. The van der Waals surface area contributed by atoms with E-state index in [1.807, 2.05) is 33.8 Å². The summed E-state index contributed by atoms with van der Waals surface area (Å²) in [5.74, 6) is 0.582. The van der Waals surface area contributed by atoms with Gasteiger partial charge in [0.2, 0.25) is 10.0 Å². The molecule has 3 N–H and O–H groups in total. The molecular formula is C29H36N4O7S. The Bertz CT molecular complexity index is 1670. The van der Waals surface area contributed by atoms with E-state index in [2.05, 4.69) is 15.0 Å². The number of methoxy groups -OCH3 is 1. The van der Waals surface area contributed by atoms with E-state index >= 15 is 0 Å². The molecule has 3 rings (SSSR count). The molecule has 41 heavy (non-hydrogen) atoms. The van der Waals surface area contributed by atoms with Gasteiger partial charge in [0.15, 0.2) is 0 Å². The summed E-state index contributed by atoms with van der Waals surface area (Å²) in [6.45, 7) is 8.26. The SMILES string of the molecule is CCCCOC(=O)Nc1cc(NS(C)(=O)=O)ccc1/C=C/c1cc(-n2ccc(=O)[nH]c2=O)cc(C(C)(C)C)c1OC. The summed E-state index contributed by atoms with van der Waals surface area (Å²) >= 11 is 0. The molecule has 12 heteroatoms. The first-order chi connectivity index (χ1) is 19.2. The Morgan fingerprint density at radius 1 is 1.07 bits per heavy atom. The lowest BCUT2D eigenvalue weighted by Gasteiger charge is -2.25. The van der Waals surface area contributed by atoms with E-state index in [0.29, 0.717) is 34.7 Å². The van der Waals surface area contributed by atoms with Crippen molar-refractivity contribution in [2.75, 3.05) is 30.0 Å². The van der Waals surface area contributed by atoms with Gasteiger partial charge in [0.1, 0.15) is 5.75 Å². The predicted octanol–water partition coefficient (Wildman–Crippen LogP) is 4.72. The van der Waals surface area contributed by atoms with Crippen LogP contribution in [-0.2, 0) is 20.2 Å². The maximum Gasteiger partial charge on any atom is 0.411 e. The van der Waals surface area contributed by atoms with Gasteiger partial charge in [0.25, 0.3) is 5.56 Å². The third-order valence-electron chi connectivity index (χ3n) is 5.98. The maximum absolute atomic E-state index is 12.6. The molecule has 3 aromatic rings. The normalized spacial score (nSPS) is 11.9. The zero-order chi connectivity index (χ0) is 30.4. The van der Waals surface area contributed by atoms with E-state index < -0.39 is 27.4 Å². The van der Waals surface area contributed by atoms with Gasteiger partial charge < -0.3 is 9.47 Å². The van der Waals surface area contributed by atoms with Crippen LogP contribution in [0.5, 0.6) is 5.75 Å². The lowest BCUT2D eigenvalue weighted by Crippen LogP contribution is -2.28. The third-order valence-corrected chi connectivity index (χ3v) is 6.59. The average molecular weight is 585 g/mol. The first-order valence-corrected chi connectivity index (χ1v) is 14.9. The molecule has 0 spiro atoms. The molecule has 1 heterocycles. The monoisotopic (exact) mass is 584 g/mol. The fraction of sp³-hybridized carbons (Fsp3) is 0.345. The van der Waals surface area contributed by atoms with E-state index in [1.54, 1.807) is 37.5 Å². The third kappa shape index (κ3) is 8.58. The summed E-state index contributed by atoms with van der Waals surface area (Å²) in [5.41, 5.74) is 1.65. The molecule has 1 aromatic heterocycles. The van der Waals surface area contributed by atoms with Gasteiger partial charge in [-0.15, -0.1) is 0 Å². The van der Waals surface area contributed by atoms with Crippen molar-refractivity contribution in [2.45, 2.75) is 46.0 Å². The van der Waals surface area contributed by atoms with Crippen LogP contribution in [0.2, 0.25) is 0 Å². The summed E-state index contributed by atoms with van der Waals surface area (Å²) in [4.78, 5) is 38.9. The molecule has 11 nitrogen and oxygen atoms in total. The van der Waals surface area contributed by atoms with Crippen LogP contribution in [0, 0.1) is 0 Å². The van der Waals surface area contributed by atoms with Crippen LogP contribution in [0.1, 0.15) is 57.2 Å². The van der Waals surface area contributed by atoms with E-state index in [9.17, 15) is 22.8 Å². The lowest BCUT2D eigenvalue weighted by molar-refractivity contribution is 0.160. The van der Waals surface area contributed by atoms with Crippen LogP contribution >= 0.6 is 0 Å². The largest absolute Gasteiger partial charge is 0.496 e. The first-order valence-electron chi connectivity index (χ1n) is 13.0. The highest BCUT2D eigenvalue weighted by Gasteiger charge is 2.23. The number of carbonyl (C=O) groups excluding carboxylic acids is 1. The fourth-order valence-electron chi connectivity index (χ4n) is 4.03. The Morgan fingerprint density at radius 3 is 2.39 bits per heavy atom. The second kappa shape index (κ2) is 12.9. The molecule has 0 saturated heterocycles. The highest BCUT2D eigenvalue weighted by molar-refractivity contribution is 7.92. The Labute approximate surface area is 239 Å². The Morgan fingerprint density at radius 2 is 1.78 bits per heavy atom. The van der Waals surface area contributed by atoms with Crippen molar-refractivity contribution in [3.05, 3.63) is 80.1 Å². The van der Waals surface area contributed by atoms with Crippen molar-refractivity contribution < 1.29 is 22.7 Å². The zero-order valence-corrected chi connectivity index (χ0v) is 24.8. The molecule has 0 aliphatic rings. The highest BCUT2D eigenvalue weighted by atomic mass is 32.2. The number of sulfonamides is 1. The summed E-state index contributed by atoms with van der Waals surface area (Å²) in [7, 11) is -2.00. The van der Waals surface area contributed by atoms with Gasteiger partial charge in [-0.2, -0.15) is 0 Å². The molecule has 0 bridgehead atoms. The Balaban J connectivity index is 2.14. The number of unbranched alkanes of at least 4 members (excludes halogenated alkanes) is 1. The van der Waals surface area contributed by atoms with Gasteiger partial charge in [-0.05, 0) is 41.7 Å². The molecular weight excluding hydrogens is 548 g/mol. The van der Waals surface area contributed by atoms with E-state index in [1.165, 1.54) is 22.9 Å². The fourth-order valence-corrected chi connectivity index (χ4v) is 4.58. The minimum absolute atomic E-state index is 0.248. The number of aromatic amines is 1.